The van der Waals surface area contributed by atoms with E-state index in [1.165, 1.54) is 5.57 Å². The van der Waals surface area contributed by atoms with E-state index in [-0.39, 0.29) is 17.1 Å². The lowest BCUT2D eigenvalue weighted by Gasteiger charge is -2.44. The first-order chi connectivity index (χ1) is 11.2. The maximum Gasteiger partial charge on any atom is 0.221 e. The Kier molecular flexibility index (Phi) is 3.61. The van der Waals surface area contributed by atoms with E-state index >= 15 is 0 Å². The maximum absolute atomic E-state index is 11.3. The van der Waals surface area contributed by atoms with Gasteiger partial charge in [-0.15, -0.1) is 0 Å². The van der Waals surface area contributed by atoms with Crippen LogP contribution in [0.4, 0.5) is 0 Å². The molecule has 2 N–H and O–H groups in total. The third kappa shape index (κ3) is 2.20. The Hall–Kier alpha value is -0.680. The summed E-state index contributed by atoms with van der Waals surface area (Å²) in [4.78, 5) is 0. The minimum atomic E-state index is -1.46. The Balaban J connectivity index is 1.82. The standard InChI is InChI=1S/C20H30O4/c1-12-6-5-8-19(4)17(24-19)20(22)16-14(11-23-20)18(3,9-7-12)13(2)10-15(16)21/h6,13,15,17,21-22H,5,7-11H2,1-4H3. The molecule has 0 spiro atoms. The van der Waals surface area contributed by atoms with Gasteiger partial charge < -0.3 is 19.7 Å². The molecule has 2 aliphatic carbocycles. The predicted octanol–water partition coefficient (Wildman–Crippen LogP) is 3.09. The van der Waals surface area contributed by atoms with Crippen molar-refractivity contribution in [3.8, 4) is 0 Å². The molecule has 0 aromatic carbocycles. The van der Waals surface area contributed by atoms with Crippen LogP contribution in [-0.4, -0.2) is 40.4 Å². The number of rotatable bonds is 0. The smallest absolute Gasteiger partial charge is 0.221 e. The van der Waals surface area contributed by atoms with Gasteiger partial charge in [-0.2, -0.15) is 0 Å². The van der Waals surface area contributed by atoms with Gasteiger partial charge in [-0.1, -0.05) is 25.5 Å². The third-order valence-corrected chi connectivity index (χ3v) is 7.25. The summed E-state index contributed by atoms with van der Waals surface area (Å²) in [6, 6.07) is 0. The molecular weight excluding hydrogens is 304 g/mol. The van der Waals surface area contributed by atoms with E-state index < -0.39 is 11.9 Å². The summed E-state index contributed by atoms with van der Waals surface area (Å²) in [5.74, 6) is -1.09. The van der Waals surface area contributed by atoms with E-state index in [0.29, 0.717) is 24.5 Å². The van der Waals surface area contributed by atoms with Gasteiger partial charge in [-0.05, 0) is 62.9 Å². The minimum absolute atomic E-state index is 0.0430. The number of ether oxygens (including phenoxy) is 2. The van der Waals surface area contributed by atoms with Crippen LogP contribution in [0.2, 0.25) is 0 Å². The fourth-order valence-electron chi connectivity index (χ4n) is 5.17. The molecule has 1 fully saturated rings. The predicted molar refractivity (Wildman–Crippen MR) is 91.3 cm³/mol. The van der Waals surface area contributed by atoms with Gasteiger partial charge in [-0.3, -0.25) is 0 Å². The molecule has 0 radical (unpaired) electrons. The number of fused-ring (bicyclic) bond motifs is 2. The summed E-state index contributed by atoms with van der Waals surface area (Å²) < 4.78 is 11.9. The van der Waals surface area contributed by atoms with Gasteiger partial charge in [0.2, 0.25) is 5.79 Å². The molecule has 2 heterocycles. The summed E-state index contributed by atoms with van der Waals surface area (Å²) >= 11 is 0. The van der Waals surface area contributed by atoms with Crippen molar-refractivity contribution in [2.75, 3.05) is 6.61 Å². The number of aliphatic hydroxyl groups is 2. The Morgan fingerprint density at radius 3 is 2.75 bits per heavy atom. The molecular formula is C20H30O4. The number of epoxide rings is 1. The Morgan fingerprint density at radius 2 is 2.00 bits per heavy atom. The van der Waals surface area contributed by atoms with Crippen LogP contribution < -0.4 is 0 Å². The van der Waals surface area contributed by atoms with E-state index in [1.54, 1.807) is 0 Å². The van der Waals surface area contributed by atoms with Crippen molar-refractivity contribution >= 4 is 0 Å². The molecule has 4 bridgehead atoms. The van der Waals surface area contributed by atoms with Crippen LogP contribution in [0.1, 0.15) is 59.8 Å². The zero-order valence-electron chi connectivity index (χ0n) is 15.3. The van der Waals surface area contributed by atoms with Gasteiger partial charge in [0.25, 0.3) is 0 Å². The van der Waals surface area contributed by atoms with Crippen molar-refractivity contribution in [3.05, 3.63) is 22.8 Å². The van der Waals surface area contributed by atoms with E-state index in [9.17, 15) is 10.2 Å². The highest BCUT2D eigenvalue weighted by molar-refractivity contribution is 5.41. The molecule has 4 nitrogen and oxygen atoms in total. The van der Waals surface area contributed by atoms with Crippen LogP contribution in [0.3, 0.4) is 0 Å². The van der Waals surface area contributed by atoms with E-state index in [1.807, 2.05) is 6.92 Å². The maximum atomic E-state index is 11.3. The first-order valence-corrected chi connectivity index (χ1v) is 9.32. The highest BCUT2D eigenvalue weighted by Gasteiger charge is 2.68. The fourth-order valence-corrected chi connectivity index (χ4v) is 5.17. The molecule has 4 heteroatoms. The van der Waals surface area contributed by atoms with E-state index in [4.69, 9.17) is 9.47 Å². The van der Waals surface area contributed by atoms with Crippen LogP contribution in [0.25, 0.3) is 0 Å². The molecule has 6 atom stereocenters. The summed E-state index contributed by atoms with van der Waals surface area (Å²) in [7, 11) is 0. The second kappa shape index (κ2) is 5.16. The van der Waals surface area contributed by atoms with Crippen molar-refractivity contribution in [2.45, 2.75) is 83.4 Å². The summed E-state index contributed by atoms with van der Waals surface area (Å²) in [6.07, 6.45) is 5.88. The molecule has 4 aliphatic rings. The van der Waals surface area contributed by atoms with E-state index in [0.717, 1.165) is 31.3 Å². The van der Waals surface area contributed by atoms with Gasteiger partial charge in [0, 0.05) is 5.57 Å². The molecule has 4 rings (SSSR count). The molecule has 24 heavy (non-hydrogen) atoms. The highest BCUT2D eigenvalue weighted by Crippen LogP contribution is 2.59. The summed E-state index contributed by atoms with van der Waals surface area (Å²) in [6.45, 7) is 9.15. The van der Waals surface area contributed by atoms with Crippen LogP contribution in [0.15, 0.2) is 22.8 Å². The molecule has 0 aromatic rings. The molecule has 2 aliphatic heterocycles. The Labute approximate surface area is 144 Å². The lowest BCUT2D eigenvalue weighted by molar-refractivity contribution is -0.175. The van der Waals surface area contributed by atoms with Crippen LogP contribution in [0, 0.1) is 11.3 Å². The van der Waals surface area contributed by atoms with Gasteiger partial charge >= 0.3 is 0 Å². The molecule has 1 saturated heterocycles. The van der Waals surface area contributed by atoms with Crippen LogP contribution >= 0.6 is 0 Å². The second-order valence-electron chi connectivity index (χ2n) is 8.85. The van der Waals surface area contributed by atoms with Crippen molar-refractivity contribution in [3.63, 3.8) is 0 Å². The lowest BCUT2D eigenvalue weighted by Crippen LogP contribution is -2.47. The number of hydrogen-bond donors (Lipinski definition) is 2. The average molecular weight is 334 g/mol. The van der Waals surface area contributed by atoms with Crippen molar-refractivity contribution < 1.29 is 19.7 Å². The molecule has 6 unspecified atom stereocenters. The zero-order valence-corrected chi connectivity index (χ0v) is 15.3. The van der Waals surface area contributed by atoms with Crippen molar-refractivity contribution in [1.82, 2.24) is 0 Å². The fraction of sp³-hybridized carbons (Fsp3) is 0.800. The van der Waals surface area contributed by atoms with Gasteiger partial charge in [0.1, 0.15) is 6.10 Å². The van der Waals surface area contributed by atoms with Crippen molar-refractivity contribution in [2.24, 2.45) is 11.3 Å². The monoisotopic (exact) mass is 334 g/mol. The van der Waals surface area contributed by atoms with Gasteiger partial charge in [-0.25, -0.2) is 0 Å². The van der Waals surface area contributed by atoms with Crippen LogP contribution in [-0.2, 0) is 9.47 Å². The highest BCUT2D eigenvalue weighted by atomic mass is 16.7. The van der Waals surface area contributed by atoms with Gasteiger partial charge in [0.15, 0.2) is 0 Å². The largest absolute Gasteiger partial charge is 0.389 e. The first-order valence-electron chi connectivity index (χ1n) is 9.32. The number of aliphatic hydroxyl groups excluding tert-OH is 1. The normalized spacial score (nSPS) is 51.4. The molecule has 0 saturated carbocycles. The average Bonchev–Trinajstić information content (AvgIpc) is 3.05. The zero-order chi connectivity index (χ0) is 17.3. The number of hydrogen-bond acceptors (Lipinski definition) is 4. The topological polar surface area (TPSA) is 62.2 Å². The SMILES string of the molecule is CC1=CCCC2(C)OC2C2(O)OCC3=C2C(O)CC(C)C3(C)CC1. The molecule has 0 aromatic heterocycles. The molecule has 134 valence electrons. The summed E-state index contributed by atoms with van der Waals surface area (Å²) in [5.41, 5.74) is 2.83. The molecule has 0 amide bonds. The number of allylic oxidation sites excluding steroid dienone is 2. The lowest BCUT2D eigenvalue weighted by atomic mass is 9.61. The first kappa shape index (κ1) is 16.8. The quantitative estimate of drug-likeness (QED) is 0.528. The third-order valence-electron chi connectivity index (χ3n) is 7.25. The minimum Gasteiger partial charge on any atom is -0.389 e. The van der Waals surface area contributed by atoms with E-state index in [2.05, 4.69) is 26.8 Å². The van der Waals surface area contributed by atoms with Crippen LogP contribution in [0.5, 0.6) is 0 Å². The van der Waals surface area contributed by atoms with Crippen molar-refractivity contribution in [1.29, 1.82) is 0 Å². The Morgan fingerprint density at radius 1 is 1.25 bits per heavy atom. The van der Waals surface area contributed by atoms with Gasteiger partial charge in [0.05, 0.1) is 18.3 Å². The second-order valence-corrected chi connectivity index (χ2v) is 8.85. The Bertz CT molecular complexity index is 623. The summed E-state index contributed by atoms with van der Waals surface area (Å²) in [5, 5.41) is 22.1.